The van der Waals surface area contributed by atoms with E-state index in [1.807, 2.05) is 35.7 Å². The summed E-state index contributed by atoms with van der Waals surface area (Å²) in [5.74, 6) is 0.731. The molecular formula is C24H23N3OS. The van der Waals surface area contributed by atoms with Crippen molar-refractivity contribution >= 4 is 21.6 Å². The number of benzene rings is 2. The van der Waals surface area contributed by atoms with Crippen LogP contribution in [0, 0.1) is 0 Å². The van der Waals surface area contributed by atoms with Gasteiger partial charge in [-0.3, -0.25) is 9.69 Å². The Morgan fingerprint density at radius 3 is 2.79 bits per heavy atom. The number of nitrogens with zero attached hydrogens (tertiary/aromatic N) is 2. The van der Waals surface area contributed by atoms with Crippen LogP contribution in [0.2, 0.25) is 0 Å². The van der Waals surface area contributed by atoms with Crippen LogP contribution in [-0.4, -0.2) is 21.9 Å². The van der Waals surface area contributed by atoms with E-state index in [4.69, 9.17) is 4.98 Å². The first kappa shape index (κ1) is 18.3. The maximum Gasteiger partial charge on any atom is 0.260 e. The number of fused-ring (bicyclic) bond motifs is 2. The van der Waals surface area contributed by atoms with Crippen molar-refractivity contribution in [3.63, 3.8) is 0 Å². The Hall–Kier alpha value is -2.76. The SMILES string of the molecule is CN(Cc1nc2scc(-c3ccccc3)c2c(=O)[nH]1)[C@H]1CCCc2ccccc21. The summed E-state index contributed by atoms with van der Waals surface area (Å²) in [6.45, 7) is 0.628. The lowest BCUT2D eigenvalue weighted by atomic mass is 9.87. The van der Waals surface area contributed by atoms with Gasteiger partial charge >= 0.3 is 0 Å². The molecule has 0 bridgehead atoms. The molecule has 146 valence electrons. The topological polar surface area (TPSA) is 49.0 Å². The Morgan fingerprint density at radius 2 is 1.93 bits per heavy atom. The second kappa shape index (κ2) is 7.58. The first-order valence-electron chi connectivity index (χ1n) is 10.0. The van der Waals surface area contributed by atoms with Crippen LogP contribution >= 0.6 is 11.3 Å². The van der Waals surface area contributed by atoms with Crippen molar-refractivity contribution < 1.29 is 0 Å². The highest BCUT2D eigenvalue weighted by Gasteiger charge is 2.24. The van der Waals surface area contributed by atoms with Crippen molar-refractivity contribution in [2.45, 2.75) is 31.8 Å². The first-order valence-corrected chi connectivity index (χ1v) is 10.9. The zero-order chi connectivity index (χ0) is 19.8. The molecule has 4 nitrogen and oxygen atoms in total. The smallest absolute Gasteiger partial charge is 0.260 e. The average Bonchev–Trinajstić information content (AvgIpc) is 3.18. The normalized spacial score (nSPS) is 16.3. The molecule has 0 aliphatic heterocycles. The summed E-state index contributed by atoms with van der Waals surface area (Å²) in [5, 5.41) is 2.73. The van der Waals surface area contributed by atoms with Gasteiger partial charge in [-0.2, -0.15) is 0 Å². The number of aromatic nitrogens is 2. The Kier molecular flexibility index (Phi) is 4.78. The first-order chi connectivity index (χ1) is 14.2. The van der Waals surface area contributed by atoms with E-state index >= 15 is 0 Å². The van der Waals surface area contributed by atoms with E-state index in [1.165, 1.54) is 28.9 Å². The van der Waals surface area contributed by atoms with Crippen LogP contribution in [0.25, 0.3) is 21.3 Å². The summed E-state index contributed by atoms with van der Waals surface area (Å²) in [7, 11) is 2.13. The minimum Gasteiger partial charge on any atom is -0.309 e. The van der Waals surface area contributed by atoms with E-state index in [2.05, 4.69) is 41.2 Å². The summed E-state index contributed by atoms with van der Waals surface area (Å²) in [6.07, 6.45) is 3.48. The minimum atomic E-state index is -0.0532. The van der Waals surface area contributed by atoms with Gasteiger partial charge in [-0.15, -0.1) is 11.3 Å². The van der Waals surface area contributed by atoms with Crippen LogP contribution in [0.1, 0.15) is 35.8 Å². The predicted octanol–water partition coefficient (Wildman–Crippen LogP) is 5.16. The van der Waals surface area contributed by atoms with Gasteiger partial charge in [0.05, 0.1) is 11.9 Å². The number of aryl methyl sites for hydroxylation is 1. The van der Waals surface area contributed by atoms with Gasteiger partial charge in [0.1, 0.15) is 10.7 Å². The van der Waals surface area contributed by atoms with Gasteiger partial charge in [0, 0.05) is 17.0 Å². The number of rotatable bonds is 4. The molecule has 2 aromatic heterocycles. The number of nitrogens with one attached hydrogen (secondary N) is 1. The van der Waals surface area contributed by atoms with E-state index in [0.29, 0.717) is 18.0 Å². The average molecular weight is 402 g/mol. The van der Waals surface area contributed by atoms with Gasteiger partial charge in [0.15, 0.2) is 0 Å². The summed E-state index contributed by atoms with van der Waals surface area (Å²) < 4.78 is 0. The molecule has 0 amide bonds. The maximum atomic E-state index is 12.9. The van der Waals surface area contributed by atoms with Crippen molar-refractivity contribution in [2.24, 2.45) is 0 Å². The van der Waals surface area contributed by atoms with E-state index < -0.39 is 0 Å². The maximum absolute atomic E-state index is 12.9. The largest absolute Gasteiger partial charge is 0.309 e. The fourth-order valence-electron chi connectivity index (χ4n) is 4.43. The van der Waals surface area contributed by atoms with Crippen LogP contribution in [0.15, 0.2) is 64.8 Å². The van der Waals surface area contributed by atoms with Gasteiger partial charge in [-0.1, -0.05) is 54.6 Å². The van der Waals surface area contributed by atoms with Gasteiger partial charge < -0.3 is 4.98 Å². The van der Waals surface area contributed by atoms with Crippen molar-refractivity contribution in [3.05, 3.63) is 87.3 Å². The standard InChI is InChI=1S/C24H23N3OS/c1-27(20-13-7-11-16-10-5-6-12-18(16)20)14-21-25-23(28)22-19(15-29-24(22)26-21)17-8-3-2-4-9-17/h2-6,8-10,12,15,20H,7,11,13-14H2,1H3,(H,25,26,28)/t20-/m0/s1. The Labute approximate surface area is 173 Å². The Balaban J connectivity index is 1.46. The van der Waals surface area contributed by atoms with Crippen molar-refractivity contribution in [3.8, 4) is 11.1 Å². The third-order valence-corrected chi connectivity index (χ3v) is 6.72. The molecular weight excluding hydrogens is 378 g/mol. The van der Waals surface area contributed by atoms with E-state index in [-0.39, 0.29) is 5.56 Å². The minimum absolute atomic E-state index is 0.0532. The van der Waals surface area contributed by atoms with Gasteiger partial charge in [0.2, 0.25) is 0 Å². The molecule has 1 atom stereocenters. The molecule has 0 fully saturated rings. The molecule has 0 radical (unpaired) electrons. The highest BCUT2D eigenvalue weighted by molar-refractivity contribution is 7.17. The lowest BCUT2D eigenvalue weighted by molar-refractivity contribution is 0.208. The van der Waals surface area contributed by atoms with Gasteiger partial charge in [-0.05, 0) is 43.0 Å². The van der Waals surface area contributed by atoms with Crippen LogP contribution in [0.3, 0.4) is 0 Å². The quantitative estimate of drug-likeness (QED) is 0.514. The van der Waals surface area contributed by atoms with Crippen LogP contribution in [0.4, 0.5) is 0 Å². The van der Waals surface area contributed by atoms with Crippen LogP contribution in [0.5, 0.6) is 0 Å². The number of thiophene rings is 1. The number of H-pyrrole nitrogens is 1. The third-order valence-electron chi connectivity index (χ3n) is 5.85. The molecule has 1 aliphatic rings. The summed E-state index contributed by atoms with van der Waals surface area (Å²) in [5.41, 5.74) is 4.81. The predicted molar refractivity (Wildman–Crippen MR) is 119 cm³/mol. The molecule has 0 spiro atoms. The summed E-state index contributed by atoms with van der Waals surface area (Å²) >= 11 is 1.54. The molecule has 1 aliphatic carbocycles. The van der Waals surface area contributed by atoms with E-state index in [9.17, 15) is 4.79 Å². The summed E-state index contributed by atoms with van der Waals surface area (Å²) in [4.78, 5) is 23.9. The monoisotopic (exact) mass is 401 g/mol. The molecule has 5 heteroatoms. The molecule has 2 heterocycles. The van der Waals surface area contributed by atoms with Crippen LogP contribution < -0.4 is 5.56 Å². The second-order valence-electron chi connectivity index (χ2n) is 7.73. The highest BCUT2D eigenvalue weighted by atomic mass is 32.1. The molecule has 29 heavy (non-hydrogen) atoms. The lowest BCUT2D eigenvalue weighted by Gasteiger charge is -2.33. The molecule has 0 saturated heterocycles. The number of hydrogen-bond acceptors (Lipinski definition) is 4. The highest BCUT2D eigenvalue weighted by Crippen LogP contribution is 2.34. The van der Waals surface area contributed by atoms with Crippen molar-refractivity contribution in [1.82, 2.24) is 14.9 Å². The van der Waals surface area contributed by atoms with Crippen LogP contribution in [-0.2, 0) is 13.0 Å². The molecule has 0 saturated carbocycles. The molecule has 0 unspecified atom stereocenters. The zero-order valence-electron chi connectivity index (χ0n) is 16.4. The third kappa shape index (κ3) is 3.41. The number of hydrogen-bond donors (Lipinski definition) is 1. The van der Waals surface area contributed by atoms with Crippen molar-refractivity contribution in [2.75, 3.05) is 7.05 Å². The van der Waals surface area contributed by atoms with E-state index in [0.717, 1.165) is 34.6 Å². The zero-order valence-corrected chi connectivity index (χ0v) is 17.2. The molecule has 5 rings (SSSR count). The van der Waals surface area contributed by atoms with Gasteiger partial charge in [0.25, 0.3) is 5.56 Å². The molecule has 2 aromatic carbocycles. The second-order valence-corrected chi connectivity index (χ2v) is 8.59. The molecule has 4 aromatic rings. The van der Waals surface area contributed by atoms with Gasteiger partial charge in [-0.25, -0.2) is 4.98 Å². The number of aromatic amines is 1. The fourth-order valence-corrected chi connectivity index (χ4v) is 5.40. The lowest BCUT2D eigenvalue weighted by Crippen LogP contribution is -2.29. The van der Waals surface area contributed by atoms with Crippen molar-refractivity contribution in [1.29, 1.82) is 0 Å². The fraction of sp³-hybridized carbons (Fsp3) is 0.250. The summed E-state index contributed by atoms with van der Waals surface area (Å²) in [6, 6.07) is 19.1. The van der Waals surface area contributed by atoms with E-state index in [1.54, 1.807) is 0 Å². The Bertz CT molecular complexity index is 1210. The Morgan fingerprint density at radius 1 is 1.14 bits per heavy atom. The molecule has 1 N–H and O–H groups in total.